The zero-order chi connectivity index (χ0) is 18.1. The number of methoxy groups -OCH3 is 1. The highest BCUT2D eigenvalue weighted by Gasteiger charge is 2.10. The molecule has 0 unspecified atom stereocenters. The fourth-order valence-electron chi connectivity index (χ4n) is 2.55. The van der Waals surface area contributed by atoms with Gasteiger partial charge < -0.3 is 15.2 Å². The lowest BCUT2D eigenvalue weighted by atomic mass is 10.0. The second-order valence-corrected chi connectivity index (χ2v) is 5.60. The number of aryl methyl sites for hydroxylation is 2. The summed E-state index contributed by atoms with van der Waals surface area (Å²) in [6.07, 6.45) is 2.68. The molecule has 0 atom stereocenters. The summed E-state index contributed by atoms with van der Waals surface area (Å²) in [5, 5.41) is 8.76. The quantitative estimate of drug-likeness (QED) is 0.479. The van der Waals surface area contributed by atoms with Gasteiger partial charge in [-0.3, -0.25) is 10.0 Å². The van der Waals surface area contributed by atoms with E-state index in [0.29, 0.717) is 24.5 Å². The first-order valence-electron chi connectivity index (χ1n) is 8.21. The van der Waals surface area contributed by atoms with Crippen LogP contribution in [0.3, 0.4) is 0 Å². The van der Waals surface area contributed by atoms with Crippen LogP contribution in [0.25, 0.3) is 0 Å². The van der Waals surface area contributed by atoms with Crippen molar-refractivity contribution in [3.8, 4) is 11.5 Å². The van der Waals surface area contributed by atoms with Gasteiger partial charge in [0.05, 0.1) is 7.11 Å². The zero-order valence-electron chi connectivity index (χ0n) is 14.3. The maximum Gasteiger partial charge on any atom is 0.274 e. The number of hydroxylamine groups is 1. The average molecular weight is 344 g/mol. The minimum atomic E-state index is -0.567. The van der Waals surface area contributed by atoms with Crippen LogP contribution in [0, 0.1) is 0 Å². The average Bonchev–Trinajstić information content (AvgIpc) is 2.66. The lowest BCUT2D eigenvalue weighted by molar-refractivity contribution is 0.0706. The molecule has 0 fully saturated rings. The van der Waals surface area contributed by atoms with Crippen molar-refractivity contribution in [2.24, 2.45) is 5.73 Å². The Balaban J connectivity index is 2.02. The van der Waals surface area contributed by atoms with Crippen LogP contribution >= 0.6 is 0 Å². The van der Waals surface area contributed by atoms with E-state index in [1.54, 1.807) is 24.7 Å². The van der Waals surface area contributed by atoms with Crippen LogP contribution in [0.2, 0.25) is 0 Å². The molecule has 0 aromatic heterocycles. The summed E-state index contributed by atoms with van der Waals surface area (Å²) in [7, 11) is 1.65. The molecule has 2 rings (SSSR count). The van der Waals surface area contributed by atoms with Gasteiger partial charge in [-0.05, 0) is 54.7 Å². The van der Waals surface area contributed by atoms with Gasteiger partial charge in [-0.1, -0.05) is 18.2 Å². The lowest BCUT2D eigenvalue weighted by Gasteiger charge is -2.12. The van der Waals surface area contributed by atoms with E-state index in [0.717, 1.165) is 30.6 Å². The topological polar surface area (TPSA) is 93.8 Å². The molecule has 0 spiro atoms. The van der Waals surface area contributed by atoms with Gasteiger partial charge >= 0.3 is 0 Å². The van der Waals surface area contributed by atoms with Crippen molar-refractivity contribution < 1.29 is 19.5 Å². The number of benzene rings is 2. The second-order valence-electron chi connectivity index (χ2n) is 5.60. The zero-order valence-corrected chi connectivity index (χ0v) is 14.3. The van der Waals surface area contributed by atoms with Crippen molar-refractivity contribution in [1.29, 1.82) is 0 Å². The molecule has 2 aromatic carbocycles. The summed E-state index contributed by atoms with van der Waals surface area (Å²) in [5.74, 6) is 0.905. The fourth-order valence-corrected chi connectivity index (χ4v) is 2.55. The number of carbonyl (C=O) groups is 1. The van der Waals surface area contributed by atoms with Crippen molar-refractivity contribution in [3.05, 3.63) is 59.2 Å². The largest absolute Gasteiger partial charge is 0.497 e. The van der Waals surface area contributed by atoms with Crippen LogP contribution in [0.4, 0.5) is 0 Å². The Morgan fingerprint density at radius 2 is 1.92 bits per heavy atom. The maximum absolute atomic E-state index is 11.6. The van der Waals surface area contributed by atoms with E-state index in [-0.39, 0.29) is 0 Å². The monoisotopic (exact) mass is 344 g/mol. The first-order chi connectivity index (χ1) is 12.2. The molecule has 0 saturated heterocycles. The van der Waals surface area contributed by atoms with E-state index in [1.165, 1.54) is 5.56 Å². The predicted octanol–water partition coefficient (Wildman–Crippen LogP) is 2.33. The van der Waals surface area contributed by atoms with Crippen LogP contribution in [0.15, 0.2) is 42.5 Å². The number of nitrogens with one attached hydrogen (secondary N) is 1. The summed E-state index contributed by atoms with van der Waals surface area (Å²) in [6, 6.07) is 13.2. The van der Waals surface area contributed by atoms with Gasteiger partial charge in [0.15, 0.2) is 0 Å². The van der Waals surface area contributed by atoms with Gasteiger partial charge in [-0.15, -0.1) is 0 Å². The van der Waals surface area contributed by atoms with E-state index < -0.39 is 5.91 Å². The molecule has 0 aliphatic rings. The van der Waals surface area contributed by atoms with E-state index in [2.05, 4.69) is 12.1 Å². The third-order valence-electron chi connectivity index (χ3n) is 3.88. The smallest absolute Gasteiger partial charge is 0.274 e. The van der Waals surface area contributed by atoms with Gasteiger partial charge in [-0.25, -0.2) is 5.48 Å². The van der Waals surface area contributed by atoms with Crippen molar-refractivity contribution in [3.63, 3.8) is 0 Å². The standard InChI is InChI=1S/C19H24N2O4/c1-24-17-9-5-14(6-10-17)3-2-4-15-7-8-16(19(22)21-23)13-18(15)25-12-11-20/h5-10,13,23H,2-4,11-12,20H2,1H3,(H,21,22). The minimum absolute atomic E-state index is 0.341. The van der Waals surface area contributed by atoms with E-state index in [1.807, 2.05) is 18.2 Å². The minimum Gasteiger partial charge on any atom is -0.497 e. The summed E-state index contributed by atoms with van der Waals surface area (Å²) in [5.41, 5.74) is 9.71. The maximum atomic E-state index is 11.6. The Morgan fingerprint density at radius 1 is 1.16 bits per heavy atom. The summed E-state index contributed by atoms with van der Waals surface area (Å²) < 4.78 is 10.8. The molecular formula is C19H24N2O4. The second kappa shape index (κ2) is 9.66. The Bertz CT molecular complexity index is 686. The molecular weight excluding hydrogens is 320 g/mol. The third kappa shape index (κ3) is 5.48. The molecule has 0 heterocycles. The molecule has 0 saturated carbocycles. The van der Waals surface area contributed by atoms with Crippen molar-refractivity contribution >= 4 is 5.91 Å². The fraction of sp³-hybridized carbons (Fsp3) is 0.316. The lowest BCUT2D eigenvalue weighted by Crippen LogP contribution is -2.19. The Hall–Kier alpha value is -2.57. The van der Waals surface area contributed by atoms with Crippen LogP contribution in [-0.2, 0) is 12.8 Å². The van der Waals surface area contributed by atoms with Crippen LogP contribution < -0.4 is 20.7 Å². The number of carbonyl (C=O) groups excluding carboxylic acids is 1. The van der Waals surface area contributed by atoms with Gasteiger partial charge in [0.1, 0.15) is 18.1 Å². The number of rotatable bonds is 9. The number of hydrogen-bond acceptors (Lipinski definition) is 5. The van der Waals surface area contributed by atoms with Crippen molar-refractivity contribution in [1.82, 2.24) is 5.48 Å². The summed E-state index contributed by atoms with van der Waals surface area (Å²) >= 11 is 0. The summed E-state index contributed by atoms with van der Waals surface area (Å²) in [6.45, 7) is 0.761. The van der Waals surface area contributed by atoms with Gasteiger partial charge in [0.2, 0.25) is 0 Å². The molecule has 1 amide bonds. The SMILES string of the molecule is COc1ccc(CCCc2ccc(C(=O)NO)cc2OCCN)cc1. The summed E-state index contributed by atoms with van der Waals surface area (Å²) in [4.78, 5) is 11.6. The Labute approximate surface area is 147 Å². The van der Waals surface area contributed by atoms with E-state index in [9.17, 15) is 4.79 Å². The molecule has 6 heteroatoms. The van der Waals surface area contributed by atoms with Crippen LogP contribution in [0.5, 0.6) is 11.5 Å². The van der Waals surface area contributed by atoms with Crippen molar-refractivity contribution in [2.45, 2.75) is 19.3 Å². The number of amides is 1. The molecule has 25 heavy (non-hydrogen) atoms. The molecule has 0 radical (unpaired) electrons. The molecule has 0 bridgehead atoms. The molecule has 134 valence electrons. The Kier molecular flexibility index (Phi) is 7.25. The molecule has 6 nitrogen and oxygen atoms in total. The van der Waals surface area contributed by atoms with Gasteiger partial charge in [0, 0.05) is 12.1 Å². The normalized spacial score (nSPS) is 10.4. The molecule has 2 aromatic rings. The number of hydrogen-bond donors (Lipinski definition) is 3. The van der Waals surface area contributed by atoms with E-state index in [4.69, 9.17) is 20.4 Å². The number of nitrogens with two attached hydrogens (primary N) is 1. The first-order valence-corrected chi connectivity index (χ1v) is 8.21. The third-order valence-corrected chi connectivity index (χ3v) is 3.88. The van der Waals surface area contributed by atoms with Crippen LogP contribution in [-0.4, -0.2) is 31.4 Å². The highest BCUT2D eigenvalue weighted by molar-refractivity contribution is 5.93. The predicted molar refractivity (Wildman–Crippen MR) is 95.3 cm³/mol. The Morgan fingerprint density at radius 3 is 2.56 bits per heavy atom. The van der Waals surface area contributed by atoms with E-state index >= 15 is 0 Å². The first kappa shape index (κ1) is 18.8. The molecule has 0 aliphatic carbocycles. The van der Waals surface area contributed by atoms with Gasteiger partial charge in [-0.2, -0.15) is 0 Å². The highest BCUT2D eigenvalue weighted by atomic mass is 16.5. The molecule has 4 N–H and O–H groups in total. The van der Waals surface area contributed by atoms with Crippen molar-refractivity contribution in [2.75, 3.05) is 20.3 Å². The van der Waals surface area contributed by atoms with Gasteiger partial charge in [0.25, 0.3) is 5.91 Å². The highest BCUT2D eigenvalue weighted by Crippen LogP contribution is 2.23. The van der Waals surface area contributed by atoms with Crippen LogP contribution in [0.1, 0.15) is 27.9 Å². The molecule has 0 aliphatic heterocycles. The number of ether oxygens (including phenoxy) is 2.